The molecule has 0 aromatic heterocycles. The lowest BCUT2D eigenvalue weighted by Gasteiger charge is -2.08. The summed E-state index contributed by atoms with van der Waals surface area (Å²) in [4.78, 5) is 0. The van der Waals surface area contributed by atoms with E-state index in [1.54, 1.807) is 0 Å². The SMILES string of the molecule is CCCNCc1ccc(COc2cccc(C)c2)cc1. The molecule has 2 heteroatoms. The predicted octanol–water partition coefficient (Wildman–Crippen LogP) is 4.07. The molecule has 0 aliphatic heterocycles. The molecule has 0 atom stereocenters. The molecule has 2 nitrogen and oxygen atoms in total. The average Bonchev–Trinajstić information content (AvgIpc) is 2.47. The van der Waals surface area contributed by atoms with E-state index in [4.69, 9.17) is 4.74 Å². The highest BCUT2D eigenvalue weighted by molar-refractivity contribution is 5.28. The van der Waals surface area contributed by atoms with E-state index in [2.05, 4.69) is 55.6 Å². The van der Waals surface area contributed by atoms with E-state index >= 15 is 0 Å². The summed E-state index contributed by atoms with van der Waals surface area (Å²) in [7, 11) is 0. The molecule has 0 bridgehead atoms. The standard InChI is InChI=1S/C18H23NO/c1-3-11-19-13-16-7-9-17(10-8-16)14-20-18-6-4-5-15(2)12-18/h4-10,12,19H,3,11,13-14H2,1-2H3. The van der Waals surface area contributed by atoms with Gasteiger partial charge in [-0.3, -0.25) is 0 Å². The number of rotatable bonds is 7. The van der Waals surface area contributed by atoms with Crippen LogP contribution < -0.4 is 10.1 Å². The molecule has 0 saturated carbocycles. The van der Waals surface area contributed by atoms with Gasteiger partial charge in [0.05, 0.1) is 0 Å². The second kappa shape index (κ2) is 7.71. The van der Waals surface area contributed by atoms with Crippen LogP contribution in [0, 0.1) is 6.92 Å². The molecule has 2 aromatic carbocycles. The molecule has 0 fully saturated rings. The first-order chi connectivity index (χ1) is 9.78. The van der Waals surface area contributed by atoms with Gasteiger partial charge in [-0.2, -0.15) is 0 Å². The van der Waals surface area contributed by atoms with Crippen molar-refractivity contribution in [1.29, 1.82) is 0 Å². The van der Waals surface area contributed by atoms with Gasteiger partial charge in [0.1, 0.15) is 12.4 Å². The lowest BCUT2D eigenvalue weighted by molar-refractivity contribution is 0.306. The van der Waals surface area contributed by atoms with Crippen molar-refractivity contribution < 1.29 is 4.74 Å². The average molecular weight is 269 g/mol. The van der Waals surface area contributed by atoms with E-state index in [0.717, 1.165) is 18.8 Å². The maximum atomic E-state index is 5.80. The van der Waals surface area contributed by atoms with Crippen molar-refractivity contribution in [3.8, 4) is 5.75 Å². The van der Waals surface area contributed by atoms with Crippen LogP contribution in [0.2, 0.25) is 0 Å². The summed E-state index contributed by atoms with van der Waals surface area (Å²) in [6, 6.07) is 16.8. The van der Waals surface area contributed by atoms with Gasteiger partial charge in [-0.15, -0.1) is 0 Å². The van der Waals surface area contributed by atoms with E-state index in [9.17, 15) is 0 Å². The van der Waals surface area contributed by atoms with E-state index in [-0.39, 0.29) is 0 Å². The van der Waals surface area contributed by atoms with Crippen LogP contribution in [0.3, 0.4) is 0 Å². The molecule has 0 heterocycles. The minimum absolute atomic E-state index is 0.617. The summed E-state index contributed by atoms with van der Waals surface area (Å²) < 4.78 is 5.80. The summed E-state index contributed by atoms with van der Waals surface area (Å²) in [6.07, 6.45) is 1.17. The Labute approximate surface area is 121 Å². The van der Waals surface area contributed by atoms with Gasteiger partial charge in [0, 0.05) is 6.54 Å². The maximum absolute atomic E-state index is 5.80. The fourth-order valence-corrected chi connectivity index (χ4v) is 2.03. The Hall–Kier alpha value is -1.80. The summed E-state index contributed by atoms with van der Waals surface area (Å²) in [6.45, 7) is 6.88. The molecule has 0 radical (unpaired) electrons. The largest absolute Gasteiger partial charge is 0.489 e. The van der Waals surface area contributed by atoms with E-state index in [0.29, 0.717) is 6.61 Å². The van der Waals surface area contributed by atoms with Gasteiger partial charge >= 0.3 is 0 Å². The highest BCUT2D eigenvalue weighted by atomic mass is 16.5. The minimum Gasteiger partial charge on any atom is -0.489 e. The molecule has 0 saturated heterocycles. The van der Waals surface area contributed by atoms with Crippen LogP contribution in [-0.4, -0.2) is 6.54 Å². The van der Waals surface area contributed by atoms with Gasteiger partial charge in [0.15, 0.2) is 0 Å². The Morgan fingerprint density at radius 2 is 1.75 bits per heavy atom. The molecule has 2 rings (SSSR count). The van der Waals surface area contributed by atoms with Crippen molar-refractivity contribution >= 4 is 0 Å². The number of ether oxygens (including phenoxy) is 1. The van der Waals surface area contributed by atoms with Crippen molar-refractivity contribution in [2.75, 3.05) is 6.54 Å². The number of nitrogens with one attached hydrogen (secondary N) is 1. The highest BCUT2D eigenvalue weighted by Crippen LogP contribution is 2.14. The fraction of sp³-hybridized carbons (Fsp3) is 0.333. The van der Waals surface area contributed by atoms with Crippen LogP contribution in [0.1, 0.15) is 30.0 Å². The smallest absolute Gasteiger partial charge is 0.120 e. The number of hydrogen-bond donors (Lipinski definition) is 1. The lowest BCUT2D eigenvalue weighted by Crippen LogP contribution is -2.13. The third-order valence-corrected chi connectivity index (χ3v) is 3.17. The van der Waals surface area contributed by atoms with Crippen LogP contribution in [0.4, 0.5) is 0 Å². The second-order valence-electron chi connectivity index (χ2n) is 5.10. The van der Waals surface area contributed by atoms with Gasteiger partial charge in [0.25, 0.3) is 0 Å². The van der Waals surface area contributed by atoms with Crippen molar-refractivity contribution in [2.45, 2.75) is 33.4 Å². The normalized spacial score (nSPS) is 10.5. The first-order valence-electron chi connectivity index (χ1n) is 7.26. The Balaban J connectivity index is 1.84. The second-order valence-corrected chi connectivity index (χ2v) is 5.10. The third kappa shape index (κ3) is 4.71. The fourth-order valence-electron chi connectivity index (χ4n) is 2.03. The van der Waals surface area contributed by atoms with Crippen molar-refractivity contribution in [1.82, 2.24) is 5.32 Å². The minimum atomic E-state index is 0.617. The molecule has 0 unspecified atom stereocenters. The molecule has 0 amide bonds. The third-order valence-electron chi connectivity index (χ3n) is 3.17. The van der Waals surface area contributed by atoms with Gasteiger partial charge < -0.3 is 10.1 Å². The van der Waals surface area contributed by atoms with Gasteiger partial charge in [-0.05, 0) is 48.7 Å². The van der Waals surface area contributed by atoms with E-state index in [1.165, 1.54) is 23.1 Å². The van der Waals surface area contributed by atoms with Crippen LogP contribution in [0.15, 0.2) is 48.5 Å². The lowest BCUT2D eigenvalue weighted by atomic mass is 10.1. The van der Waals surface area contributed by atoms with Crippen molar-refractivity contribution in [2.24, 2.45) is 0 Å². The highest BCUT2D eigenvalue weighted by Gasteiger charge is 1.97. The molecule has 0 spiro atoms. The van der Waals surface area contributed by atoms with Crippen LogP contribution >= 0.6 is 0 Å². The van der Waals surface area contributed by atoms with Gasteiger partial charge in [0.2, 0.25) is 0 Å². The number of benzene rings is 2. The maximum Gasteiger partial charge on any atom is 0.120 e. The Bertz CT molecular complexity index is 519. The molecule has 1 N–H and O–H groups in total. The zero-order valence-electron chi connectivity index (χ0n) is 12.4. The zero-order chi connectivity index (χ0) is 14.2. The predicted molar refractivity (Wildman–Crippen MR) is 84.0 cm³/mol. The Morgan fingerprint density at radius 3 is 2.45 bits per heavy atom. The zero-order valence-corrected chi connectivity index (χ0v) is 12.4. The summed E-state index contributed by atoms with van der Waals surface area (Å²) >= 11 is 0. The van der Waals surface area contributed by atoms with Gasteiger partial charge in [-0.25, -0.2) is 0 Å². The van der Waals surface area contributed by atoms with Crippen LogP contribution in [0.5, 0.6) is 5.75 Å². The molecule has 106 valence electrons. The topological polar surface area (TPSA) is 21.3 Å². The van der Waals surface area contributed by atoms with E-state index < -0.39 is 0 Å². The van der Waals surface area contributed by atoms with Crippen LogP contribution in [-0.2, 0) is 13.2 Å². The summed E-state index contributed by atoms with van der Waals surface area (Å²) in [5, 5.41) is 3.40. The molecule has 20 heavy (non-hydrogen) atoms. The first-order valence-corrected chi connectivity index (χ1v) is 7.26. The monoisotopic (exact) mass is 269 g/mol. The molecule has 0 aliphatic carbocycles. The van der Waals surface area contributed by atoms with E-state index in [1.807, 2.05) is 12.1 Å². The van der Waals surface area contributed by atoms with Crippen molar-refractivity contribution in [3.05, 3.63) is 65.2 Å². The summed E-state index contributed by atoms with van der Waals surface area (Å²) in [5.41, 5.74) is 3.74. The number of hydrogen-bond acceptors (Lipinski definition) is 2. The summed E-state index contributed by atoms with van der Waals surface area (Å²) in [5.74, 6) is 0.929. The molecular formula is C18H23NO. The molecule has 0 aliphatic rings. The number of aryl methyl sites for hydroxylation is 1. The molecule has 2 aromatic rings. The Morgan fingerprint density at radius 1 is 1.00 bits per heavy atom. The van der Waals surface area contributed by atoms with Crippen LogP contribution in [0.25, 0.3) is 0 Å². The Kier molecular flexibility index (Phi) is 5.63. The van der Waals surface area contributed by atoms with Gasteiger partial charge in [-0.1, -0.05) is 43.3 Å². The quantitative estimate of drug-likeness (QED) is 0.765. The van der Waals surface area contributed by atoms with Crippen molar-refractivity contribution in [3.63, 3.8) is 0 Å². The molecular weight excluding hydrogens is 246 g/mol. The first kappa shape index (κ1) is 14.6.